The van der Waals surface area contributed by atoms with E-state index in [1.807, 2.05) is 57.7 Å². The highest BCUT2D eigenvalue weighted by molar-refractivity contribution is 7.79. The maximum Gasteiger partial charge on any atom is 0.124 e. The fourth-order valence-electron chi connectivity index (χ4n) is 17.2. The van der Waals surface area contributed by atoms with E-state index in [4.69, 9.17) is 40.0 Å². The summed E-state index contributed by atoms with van der Waals surface area (Å²) in [6.45, 7) is 32.8. The van der Waals surface area contributed by atoms with E-state index < -0.39 is 0 Å². The van der Waals surface area contributed by atoms with Crippen LogP contribution < -0.4 is 9.80 Å². The van der Waals surface area contributed by atoms with Gasteiger partial charge in [-0.25, -0.2) is 8.80 Å². The summed E-state index contributed by atoms with van der Waals surface area (Å²) in [6, 6.07) is 20.1. The van der Waals surface area contributed by atoms with Crippen LogP contribution in [0.3, 0.4) is 0 Å². The number of rotatable bonds is 42. The Bertz CT molecular complexity index is 4100. The van der Waals surface area contributed by atoms with Crippen molar-refractivity contribution in [3.63, 3.8) is 0 Å². The second-order valence-electron chi connectivity index (χ2n) is 30.2. The summed E-state index contributed by atoms with van der Waals surface area (Å²) in [5, 5.41) is 23.0. The monoisotopic (exact) mass is 1520 g/mol. The zero-order chi connectivity index (χ0) is 72.2. The molecule has 11 rings (SSSR count). The number of aliphatic imine (C=N–C) groups is 2. The minimum Gasteiger partial charge on any atom is -0.363 e. The van der Waals surface area contributed by atoms with E-state index in [0.717, 1.165) is 114 Å². The van der Waals surface area contributed by atoms with Crippen molar-refractivity contribution >= 4 is 168 Å². The molecular formula is C86H118N8S8. The van der Waals surface area contributed by atoms with E-state index in [2.05, 4.69) is 146 Å². The fourth-order valence-corrected chi connectivity index (χ4v) is 25.1. The number of nitrogens with zero attached hydrogens (tertiary/aromatic N) is 6. The zero-order valence-electron chi connectivity index (χ0n) is 63.7. The summed E-state index contributed by atoms with van der Waals surface area (Å²) < 4.78 is 14.5. The minimum atomic E-state index is -0.251. The van der Waals surface area contributed by atoms with Crippen LogP contribution in [0.25, 0.3) is 50.8 Å². The molecule has 0 spiro atoms. The molecule has 2 N–H and O–H groups in total. The van der Waals surface area contributed by atoms with Gasteiger partial charge in [0.1, 0.15) is 28.6 Å². The molecule has 0 saturated heterocycles. The third-order valence-corrected chi connectivity index (χ3v) is 30.9. The molecular weight excluding hydrogens is 1400 g/mol. The van der Waals surface area contributed by atoms with E-state index in [-0.39, 0.29) is 10.8 Å². The predicted octanol–water partition coefficient (Wildman–Crippen LogP) is 28.4. The first-order valence-corrected chi connectivity index (χ1v) is 45.7. The van der Waals surface area contributed by atoms with Gasteiger partial charge in [0.15, 0.2) is 0 Å². The number of hydrogen-bond donors (Lipinski definition) is 4. The highest BCUT2D eigenvalue weighted by atomic mass is 32.1. The molecule has 1 aromatic carbocycles. The molecule has 8 nitrogen and oxygen atoms in total. The Morgan fingerprint density at radius 2 is 0.735 bits per heavy atom. The van der Waals surface area contributed by atoms with Crippen molar-refractivity contribution in [2.24, 2.45) is 42.5 Å². The first kappa shape index (κ1) is 78.8. The van der Waals surface area contributed by atoms with E-state index in [9.17, 15) is 10.8 Å². The van der Waals surface area contributed by atoms with Crippen molar-refractivity contribution in [2.45, 2.75) is 274 Å². The lowest BCUT2D eigenvalue weighted by atomic mass is 9.63. The standard InChI is InChI=1S/C86H118N8S8/c1-13-25-33-55(21-9)49-85(50-56(22-10)34-26-14-2)63-42-60-64(41-59(63)83-65(85)43-67(101-83)61-53-90-81(82(92-96)77(61)87)74-46-70-72(98-74)48-76(100-70)94(39-31-19-7)40-32-20-8)86(51-57(23-11)35-27-15-3,52-58(24-12)36-28-16-4)66-44-68(102-84(60)66)62-54-89-80(78(88)79(62)91-95)73-45-69-71(97-73)47-75(99-69)93(37-29-17-5)38-30-18-6/h41-48,53-58,87-88,95-96H,13-40,49-52H2,1-12H3/b87-77?,88-78?,91-79-,92-82+. The smallest absolute Gasteiger partial charge is 0.124 e. The van der Waals surface area contributed by atoms with Crippen molar-refractivity contribution in [1.82, 2.24) is 0 Å². The van der Waals surface area contributed by atoms with Gasteiger partial charge in [0.25, 0.3) is 0 Å². The Morgan fingerprint density at radius 3 is 1.10 bits per heavy atom. The van der Waals surface area contributed by atoms with E-state index in [0.29, 0.717) is 52.2 Å². The van der Waals surface area contributed by atoms with Crippen LogP contribution in [0.15, 0.2) is 79.7 Å². The molecule has 2 aliphatic heterocycles. The van der Waals surface area contributed by atoms with Crippen LogP contribution in [0.2, 0.25) is 0 Å². The number of fused-ring (bicyclic) bond motifs is 8. The molecule has 2 aliphatic carbocycles. The van der Waals surface area contributed by atoms with Crippen molar-refractivity contribution in [3.8, 4) is 20.9 Å². The van der Waals surface area contributed by atoms with Crippen molar-refractivity contribution in [1.29, 1.82) is 10.8 Å². The quantitative estimate of drug-likeness (QED) is 0.0286. The van der Waals surface area contributed by atoms with Crippen LogP contribution in [-0.2, 0) is 10.8 Å². The number of anilines is 2. The van der Waals surface area contributed by atoms with Gasteiger partial charge in [-0.3, -0.25) is 20.8 Å². The van der Waals surface area contributed by atoms with Gasteiger partial charge in [-0.1, -0.05) is 212 Å². The molecule has 0 saturated carbocycles. The van der Waals surface area contributed by atoms with Crippen LogP contribution in [0.5, 0.6) is 0 Å². The van der Waals surface area contributed by atoms with Gasteiger partial charge in [-0.2, -0.15) is 0 Å². The maximum atomic E-state index is 10.2. The van der Waals surface area contributed by atoms with E-state index in [1.165, 1.54) is 200 Å². The molecule has 6 aromatic heterocycles. The SMILES string of the molecule is CCCCC(CC)CC1(CC(CC)CCCC)c2cc3c(cc2-c2sc(C4=CN=C(c5cc6sc(N(CCCC)CCCC)cc6s5)/C(=N/S)C4=N)cc21)C(CC(CC)CCCC)(CC(CC)CCCC)c1cc(C2=CN=C(c4cc5sc(N(CCCC)CCCC)cc5s4)C(=N)/C2=N\S)sc1-3. The summed E-state index contributed by atoms with van der Waals surface area (Å²) in [4.78, 5) is 22.9. The molecule has 0 bridgehead atoms. The number of nitrogens with one attached hydrogen (secondary N) is 2. The van der Waals surface area contributed by atoms with Crippen LogP contribution in [0.1, 0.15) is 305 Å². The lowest BCUT2D eigenvalue weighted by Gasteiger charge is -2.40. The lowest BCUT2D eigenvalue weighted by Crippen LogP contribution is -2.33. The topological polar surface area (TPSA) is 104 Å². The van der Waals surface area contributed by atoms with Crippen LogP contribution in [0.4, 0.5) is 10.0 Å². The van der Waals surface area contributed by atoms with Gasteiger partial charge in [0, 0.05) is 98.9 Å². The first-order valence-electron chi connectivity index (χ1n) is 40.0. The third-order valence-electron chi connectivity index (χ3n) is 23.3. The molecule has 16 heteroatoms. The summed E-state index contributed by atoms with van der Waals surface area (Å²) in [5.74, 6) is 2.19. The average molecular weight is 1520 g/mol. The highest BCUT2D eigenvalue weighted by Gasteiger charge is 2.52. The number of hydrogen-bond acceptors (Lipinski definition) is 16. The summed E-state index contributed by atoms with van der Waals surface area (Å²) in [7, 11) is 0. The molecule has 7 aromatic rings. The number of benzene rings is 1. The molecule has 0 amide bonds. The molecule has 4 unspecified atom stereocenters. The normalized spacial score (nSPS) is 19.2. The Labute approximate surface area is 648 Å². The molecule has 4 aliphatic rings. The van der Waals surface area contributed by atoms with Gasteiger partial charge >= 0.3 is 0 Å². The Kier molecular flexibility index (Phi) is 28.2. The molecule has 102 heavy (non-hydrogen) atoms. The number of allylic oxidation sites excluding steroid dienone is 2. The van der Waals surface area contributed by atoms with Gasteiger partial charge < -0.3 is 9.80 Å². The average Bonchev–Trinajstić information content (AvgIpc) is 1.51. The number of thiophene rings is 6. The predicted molar refractivity (Wildman–Crippen MR) is 467 cm³/mol. The van der Waals surface area contributed by atoms with Crippen LogP contribution in [0, 0.1) is 34.5 Å². The van der Waals surface area contributed by atoms with Gasteiger partial charge in [-0.05, 0) is 183 Å². The van der Waals surface area contributed by atoms with E-state index >= 15 is 0 Å². The van der Waals surface area contributed by atoms with Crippen molar-refractivity contribution < 1.29 is 0 Å². The zero-order valence-corrected chi connectivity index (χ0v) is 70.4. The van der Waals surface area contributed by atoms with Crippen LogP contribution >= 0.6 is 93.7 Å². The molecule has 0 fully saturated rings. The van der Waals surface area contributed by atoms with Crippen molar-refractivity contribution in [3.05, 3.63) is 103 Å². The summed E-state index contributed by atoms with van der Waals surface area (Å²) in [5.41, 5.74) is 13.5. The largest absolute Gasteiger partial charge is 0.363 e. The Hall–Kier alpha value is -4.26. The Morgan fingerprint density at radius 1 is 0.382 bits per heavy atom. The molecule has 4 atom stereocenters. The summed E-state index contributed by atoms with van der Waals surface area (Å²) >= 11 is 20.6. The second kappa shape index (κ2) is 36.6. The number of thiol groups is 2. The first-order chi connectivity index (χ1) is 49.7. The Balaban J connectivity index is 1.09. The minimum absolute atomic E-state index is 0.249. The molecule has 8 heterocycles. The molecule has 550 valence electrons. The van der Waals surface area contributed by atoms with E-state index in [1.54, 1.807) is 22.7 Å². The maximum absolute atomic E-state index is 10.2. The highest BCUT2D eigenvalue weighted by Crippen LogP contribution is 2.66. The summed E-state index contributed by atoms with van der Waals surface area (Å²) in [6.07, 6.45) is 37.1. The third kappa shape index (κ3) is 16.3. The second-order valence-corrected chi connectivity index (χ2v) is 37.0. The number of unbranched alkanes of at least 4 members (excludes halogenated alkanes) is 8. The van der Waals surface area contributed by atoms with Gasteiger partial charge in [-0.15, -0.1) is 68.0 Å². The van der Waals surface area contributed by atoms with Gasteiger partial charge in [0.2, 0.25) is 0 Å². The fraction of sp³-hybridized carbons (Fsp3) is 0.581. The lowest BCUT2D eigenvalue weighted by molar-refractivity contribution is 0.264. The van der Waals surface area contributed by atoms with Gasteiger partial charge in [0.05, 0.1) is 25.5 Å². The molecule has 0 radical (unpaired) electrons. The van der Waals surface area contributed by atoms with Crippen molar-refractivity contribution in [2.75, 3.05) is 36.0 Å². The van der Waals surface area contributed by atoms with Crippen LogP contribution in [-0.4, -0.2) is 60.4 Å².